The smallest absolute Gasteiger partial charge is 0.358 e. The molecule has 0 saturated carbocycles. The number of hydrogen-bond acceptors (Lipinski definition) is 5. The van der Waals surface area contributed by atoms with Gasteiger partial charge in [-0.1, -0.05) is 5.21 Å². The van der Waals surface area contributed by atoms with Crippen LogP contribution in [-0.2, 0) is 11.3 Å². The molecular weight excluding hydrogens is 262 g/mol. The summed E-state index contributed by atoms with van der Waals surface area (Å²) in [5.74, 6) is -1.32. The van der Waals surface area contributed by atoms with Crippen LogP contribution < -0.4 is 5.32 Å². The molecule has 2 N–H and O–H groups in total. The van der Waals surface area contributed by atoms with Gasteiger partial charge in [-0.25, -0.2) is 9.48 Å². The number of aromatic nitrogens is 4. The van der Waals surface area contributed by atoms with Crippen molar-refractivity contribution in [2.75, 3.05) is 7.05 Å². The number of carbonyl (C=O) groups is 2. The lowest BCUT2D eigenvalue weighted by atomic mass is 10.1. The average Bonchev–Trinajstić information content (AvgIpc) is 2.89. The molecule has 8 nitrogen and oxygen atoms in total. The van der Waals surface area contributed by atoms with E-state index in [1.807, 2.05) is 0 Å². The first-order valence-electron chi connectivity index (χ1n) is 5.91. The number of aromatic carboxylic acids is 1. The largest absolute Gasteiger partial charge is 0.476 e. The summed E-state index contributed by atoms with van der Waals surface area (Å²) >= 11 is 0. The standard InChI is InChI=1S/C12H13N5O3/c1-13-9(18)4-7-17-11(8-2-5-14-6-3-8)10(12(19)20)15-16-17/h2-3,5-6H,4,7H2,1H3,(H,13,18)(H,19,20). The Morgan fingerprint density at radius 2 is 2.05 bits per heavy atom. The van der Waals surface area contributed by atoms with Gasteiger partial charge < -0.3 is 10.4 Å². The van der Waals surface area contributed by atoms with Crippen LogP contribution >= 0.6 is 0 Å². The fourth-order valence-corrected chi connectivity index (χ4v) is 1.74. The molecule has 0 fully saturated rings. The zero-order valence-electron chi connectivity index (χ0n) is 10.8. The van der Waals surface area contributed by atoms with E-state index in [-0.39, 0.29) is 24.6 Å². The van der Waals surface area contributed by atoms with E-state index < -0.39 is 5.97 Å². The first kappa shape index (κ1) is 13.7. The van der Waals surface area contributed by atoms with Crippen molar-refractivity contribution < 1.29 is 14.7 Å². The molecule has 20 heavy (non-hydrogen) atoms. The number of carboxylic acid groups (broad SMARTS) is 1. The molecule has 2 rings (SSSR count). The van der Waals surface area contributed by atoms with Crippen LogP contribution in [0.4, 0.5) is 0 Å². The number of hydrogen-bond donors (Lipinski definition) is 2. The third-order valence-electron chi connectivity index (χ3n) is 2.72. The normalized spacial score (nSPS) is 10.2. The summed E-state index contributed by atoms with van der Waals surface area (Å²) < 4.78 is 1.41. The Balaban J connectivity index is 2.38. The Bertz CT molecular complexity index is 623. The maximum atomic E-state index is 11.3. The van der Waals surface area contributed by atoms with Gasteiger partial charge in [0.25, 0.3) is 0 Å². The molecule has 104 valence electrons. The molecule has 1 amide bonds. The average molecular weight is 275 g/mol. The second-order valence-electron chi connectivity index (χ2n) is 3.97. The van der Waals surface area contributed by atoms with Crippen LogP contribution in [0.25, 0.3) is 11.3 Å². The number of rotatable bonds is 5. The molecule has 0 aliphatic heterocycles. The summed E-state index contributed by atoms with van der Waals surface area (Å²) in [5, 5.41) is 19.1. The van der Waals surface area contributed by atoms with E-state index in [1.165, 1.54) is 11.7 Å². The molecule has 0 unspecified atom stereocenters. The highest BCUT2D eigenvalue weighted by molar-refractivity contribution is 5.92. The van der Waals surface area contributed by atoms with E-state index >= 15 is 0 Å². The van der Waals surface area contributed by atoms with E-state index in [0.717, 1.165) is 0 Å². The molecule has 2 aromatic rings. The third kappa shape index (κ3) is 2.79. The SMILES string of the molecule is CNC(=O)CCn1nnc(C(=O)O)c1-c1ccncc1. The molecule has 0 saturated heterocycles. The van der Waals surface area contributed by atoms with Crippen LogP contribution in [0.2, 0.25) is 0 Å². The number of pyridine rings is 1. The molecule has 8 heteroatoms. The van der Waals surface area contributed by atoms with E-state index in [2.05, 4.69) is 20.6 Å². The Hall–Kier alpha value is -2.77. The zero-order chi connectivity index (χ0) is 14.5. The number of nitrogens with zero attached hydrogens (tertiary/aromatic N) is 4. The lowest BCUT2D eigenvalue weighted by molar-refractivity contribution is -0.120. The van der Waals surface area contributed by atoms with Gasteiger partial charge in [0.15, 0.2) is 5.69 Å². The van der Waals surface area contributed by atoms with Gasteiger partial charge >= 0.3 is 5.97 Å². The molecule has 0 aliphatic rings. The second-order valence-corrected chi connectivity index (χ2v) is 3.97. The van der Waals surface area contributed by atoms with Crippen LogP contribution in [-0.4, -0.2) is 44.0 Å². The van der Waals surface area contributed by atoms with Crippen LogP contribution in [0.15, 0.2) is 24.5 Å². The minimum atomic E-state index is -1.16. The van der Waals surface area contributed by atoms with Crippen molar-refractivity contribution in [1.82, 2.24) is 25.3 Å². The van der Waals surface area contributed by atoms with Crippen LogP contribution in [0.3, 0.4) is 0 Å². The molecule has 0 radical (unpaired) electrons. The van der Waals surface area contributed by atoms with Crippen molar-refractivity contribution in [2.24, 2.45) is 0 Å². The highest BCUT2D eigenvalue weighted by atomic mass is 16.4. The van der Waals surface area contributed by atoms with Crippen LogP contribution in [0.1, 0.15) is 16.9 Å². The minimum Gasteiger partial charge on any atom is -0.476 e. The highest BCUT2D eigenvalue weighted by Crippen LogP contribution is 2.21. The lowest BCUT2D eigenvalue weighted by Crippen LogP contribution is -2.20. The van der Waals surface area contributed by atoms with Gasteiger partial charge in [-0.05, 0) is 12.1 Å². The van der Waals surface area contributed by atoms with Crippen molar-refractivity contribution in [3.05, 3.63) is 30.2 Å². The van der Waals surface area contributed by atoms with Gasteiger partial charge in [0.1, 0.15) is 5.69 Å². The van der Waals surface area contributed by atoms with E-state index in [4.69, 9.17) is 5.11 Å². The van der Waals surface area contributed by atoms with Gasteiger partial charge in [0, 0.05) is 31.4 Å². The lowest BCUT2D eigenvalue weighted by Gasteiger charge is -2.06. The second kappa shape index (κ2) is 5.91. The number of aryl methyl sites for hydroxylation is 1. The quantitative estimate of drug-likeness (QED) is 0.805. The topological polar surface area (TPSA) is 110 Å². The maximum absolute atomic E-state index is 11.3. The fourth-order valence-electron chi connectivity index (χ4n) is 1.74. The predicted octanol–water partition coefficient (Wildman–Crippen LogP) is 0.174. The summed E-state index contributed by atoms with van der Waals surface area (Å²) in [6.45, 7) is 0.248. The number of carbonyl (C=O) groups excluding carboxylic acids is 1. The maximum Gasteiger partial charge on any atom is 0.358 e. The summed E-state index contributed by atoms with van der Waals surface area (Å²) in [4.78, 5) is 26.4. The van der Waals surface area contributed by atoms with Gasteiger partial charge in [-0.2, -0.15) is 0 Å². The molecular formula is C12H13N5O3. The Morgan fingerprint density at radius 1 is 1.35 bits per heavy atom. The zero-order valence-corrected chi connectivity index (χ0v) is 10.8. The summed E-state index contributed by atoms with van der Waals surface area (Å²) in [6, 6.07) is 3.34. The molecule has 0 aliphatic carbocycles. The van der Waals surface area contributed by atoms with Gasteiger partial charge in [0.05, 0.1) is 6.54 Å². The van der Waals surface area contributed by atoms with Gasteiger partial charge in [-0.3, -0.25) is 9.78 Å². The van der Waals surface area contributed by atoms with Crippen molar-refractivity contribution in [3.63, 3.8) is 0 Å². The van der Waals surface area contributed by atoms with Crippen molar-refractivity contribution in [2.45, 2.75) is 13.0 Å². The fraction of sp³-hybridized carbons (Fsp3) is 0.250. The predicted molar refractivity (Wildman–Crippen MR) is 68.9 cm³/mol. The van der Waals surface area contributed by atoms with Crippen LogP contribution in [0.5, 0.6) is 0 Å². The van der Waals surface area contributed by atoms with Crippen molar-refractivity contribution in [1.29, 1.82) is 0 Å². The number of amides is 1. The summed E-state index contributed by atoms with van der Waals surface area (Å²) in [5.41, 5.74) is 0.858. The Morgan fingerprint density at radius 3 is 2.65 bits per heavy atom. The Kier molecular flexibility index (Phi) is 4.04. The van der Waals surface area contributed by atoms with Gasteiger partial charge in [0.2, 0.25) is 5.91 Å². The third-order valence-corrected chi connectivity index (χ3v) is 2.72. The number of carboxylic acids is 1. The van der Waals surface area contributed by atoms with Crippen molar-refractivity contribution >= 4 is 11.9 Å². The summed E-state index contributed by atoms with van der Waals surface area (Å²) in [6.07, 6.45) is 3.30. The van der Waals surface area contributed by atoms with Crippen LogP contribution in [0, 0.1) is 0 Å². The highest BCUT2D eigenvalue weighted by Gasteiger charge is 2.20. The molecule has 2 aromatic heterocycles. The molecule has 0 atom stereocenters. The molecule has 2 heterocycles. The van der Waals surface area contributed by atoms with Gasteiger partial charge in [-0.15, -0.1) is 5.10 Å². The van der Waals surface area contributed by atoms with E-state index in [0.29, 0.717) is 11.3 Å². The van der Waals surface area contributed by atoms with E-state index in [1.54, 1.807) is 24.5 Å². The molecule has 0 spiro atoms. The number of nitrogens with one attached hydrogen (secondary N) is 1. The van der Waals surface area contributed by atoms with Crippen molar-refractivity contribution in [3.8, 4) is 11.3 Å². The Labute approximate surface area is 114 Å². The first-order valence-corrected chi connectivity index (χ1v) is 5.91. The molecule has 0 bridgehead atoms. The monoisotopic (exact) mass is 275 g/mol. The minimum absolute atomic E-state index is 0.145. The first-order chi connectivity index (χ1) is 9.63. The van der Waals surface area contributed by atoms with E-state index in [9.17, 15) is 9.59 Å². The summed E-state index contributed by atoms with van der Waals surface area (Å²) in [7, 11) is 1.54. The molecule has 0 aromatic carbocycles.